The Balaban J connectivity index is 1.24. The molecule has 10 heteroatoms. The zero-order valence-electron chi connectivity index (χ0n) is 24.1. The Hall–Kier alpha value is -2.95. The molecule has 3 amide bonds. The summed E-state index contributed by atoms with van der Waals surface area (Å²) < 4.78 is 17.3. The first kappa shape index (κ1) is 28.2. The molecule has 1 spiro atoms. The van der Waals surface area contributed by atoms with E-state index in [1.165, 1.54) is 6.42 Å². The number of morpholine rings is 1. The third kappa shape index (κ3) is 5.26. The maximum Gasteiger partial charge on any atom is 0.246 e. The van der Waals surface area contributed by atoms with E-state index in [0.29, 0.717) is 37.1 Å². The molecule has 6 rings (SSSR count). The highest BCUT2D eigenvalue weighted by Crippen LogP contribution is 2.55. The fourth-order valence-corrected chi connectivity index (χ4v) is 7.52. The van der Waals surface area contributed by atoms with Crippen LogP contribution in [-0.4, -0.2) is 97.8 Å². The Morgan fingerprint density at radius 2 is 1.93 bits per heavy atom. The summed E-state index contributed by atoms with van der Waals surface area (Å²) in [6.45, 7) is 6.58. The van der Waals surface area contributed by atoms with Crippen LogP contribution >= 0.6 is 0 Å². The van der Waals surface area contributed by atoms with Crippen LogP contribution in [0.15, 0.2) is 36.4 Å². The van der Waals surface area contributed by atoms with Gasteiger partial charge in [-0.2, -0.15) is 0 Å². The molecule has 0 radical (unpaired) electrons. The van der Waals surface area contributed by atoms with Gasteiger partial charge in [-0.05, 0) is 37.3 Å². The van der Waals surface area contributed by atoms with Gasteiger partial charge in [0.15, 0.2) is 0 Å². The molecule has 0 aromatic heterocycles. The Kier molecular flexibility index (Phi) is 8.07. The quantitative estimate of drug-likeness (QED) is 0.441. The van der Waals surface area contributed by atoms with E-state index in [9.17, 15) is 14.4 Å². The molecule has 1 aliphatic carbocycles. The summed E-state index contributed by atoms with van der Waals surface area (Å²) >= 11 is 0. The number of anilines is 1. The van der Waals surface area contributed by atoms with Gasteiger partial charge in [-0.1, -0.05) is 38.0 Å². The summed E-state index contributed by atoms with van der Waals surface area (Å²) in [6, 6.07) is 6.40. The predicted octanol–water partition coefficient (Wildman–Crippen LogP) is 2.20. The molecule has 4 aliphatic heterocycles. The molecule has 0 unspecified atom stereocenters. The lowest BCUT2D eigenvalue weighted by atomic mass is 9.74. The van der Waals surface area contributed by atoms with Crippen molar-refractivity contribution in [1.82, 2.24) is 15.1 Å². The largest absolute Gasteiger partial charge is 0.497 e. The number of amides is 3. The lowest BCUT2D eigenvalue weighted by Crippen LogP contribution is -2.57. The Bertz CT molecular complexity index is 1180. The van der Waals surface area contributed by atoms with E-state index in [1.54, 1.807) is 36.3 Å². The van der Waals surface area contributed by atoms with E-state index in [0.717, 1.165) is 45.3 Å². The number of likely N-dealkylation sites (tertiary alicyclic amines) is 1. The van der Waals surface area contributed by atoms with Crippen molar-refractivity contribution in [3.8, 4) is 5.75 Å². The van der Waals surface area contributed by atoms with E-state index in [4.69, 9.17) is 14.2 Å². The van der Waals surface area contributed by atoms with Crippen molar-refractivity contribution in [2.24, 2.45) is 17.8 Å². The first-order valence-electron chi connectivity index (χ1n) is 15.1. The van der Waals surface area contributed by atoms with Gasteiger partial charge in [0, 0.05) is 44.0 Å². The second-order valence-corrected chi connectivity index (χ2v) is 12.1. The number of carbonyl (C=O) groups is 3. The molecule has 10 nitrogen and oxygen atoms in total. The SMILES string of the molecule is COc1cccc(NC(=O)[C@@H]2[C@@H]3C=C[C@]4(O3)[C@@H]2C(=O)N(CCCN2CCOCC2)[C@H]4C(=O)N[C@@H]2CCCC[C@H]2C)c1. The molecule has 2 bridgehead atoms. The van der Waals surface area contributed by atoms with Crippen LogP contribution in [0.25, 0.3) is 0 Å². The maximum absolute atomic E-state index is 14.2. The highest BCUT2D eigenvalue weighted by molar-refractivity contribution is 6.02. The molecule has 4 fully saturated rings. The standard InChI is InChI=1S/C31H42N4O6/c1-20-7-3-4-10-23(20)33-29(37)27-31-12-11-24(41-31)25(28(36)32-21-8-5-9-22(19-21)39-2)26(31)30(38)35(27)14-6-13-34-15-17-40-18-16-34/h5,8-9,11-12,19-20,23-27H,3-4,6-7,10,13-18H2,1-2H3,(H,32,36)(H,33,37)/t20-,23-,24+,25-,26+,27+,31+/m1/s1. The normalized spacial score (nSPS) is 34.5. The fraction of sp³-hybridized carbons (Fsp3) is 0.645. The van der Waals surface area contributed by atoms with Gasteiger partial charge in [-0.25, -0.2) is 0 Å². The third-order valence-electron chi connectivity index (χ3n) is 9.68. The summed E-state index contributed by atoms with van der Waals surface area (Å²) in [6.07, 6.45) is 8.18. The van der Waals surface area contributed by atoms with Crippen molar-refractivity contribution in [2.75, 3.05) is 51.8 Å². The Morgan fingerprint density at radius 3 is 2.71 bits per heavy atom. The van der Waals surface area contributed by atoms with E-state index in [-0.39, 0.29) is 23.8 Å². The molecular weight excluding hydrogens is 524 g/mol. The van der Waals surface area contributed by atoms with Crippen LogP contribution in [0.1, 0.15) is 39.0 Å². The van der Waals surface area contributed by atoms with Gasteiger partial charge in [0.05, 0.1) is 38.3 Å². The molecule has 1 saturated carbocycles. The first-order valence-corrected chi connectivity index (χ1v) is 15.1. The highest BCUT2D eigenvalue weighted by atomic mass is 16.5. The van der Waals surface area contributed by atoms with Crippen molar-refractivity contribution in [3.05, 3.63) is 36.4 Å². The molecule has 222 valence electrons. The molecule has 4 heterocycles. The van der Waals surface area contributed by atoms with Crippen LogP contribution < -0.4 is 15.4 Å². The first-order chi connectivity index (χ1) is 19.9. The van der Waals surface area contributed by atoms with Gasteiger partial charge in [-0.15, -0.1) is 0 Å². The second kappa shape index (κ2) is 11.7. The van der Waals surface area contributed by atoms with Crippen LogP contribution in [0.3, 0.4) is 0 Å². The Labute approximate surface area is 241 Å². The van der Waals surface area contributed by atoms with Crippen LogP contribution in [0.2, 0.25) is 0 Å². The Morgan fingerprint density at radius 1 is 1.12 bits per heavy atom. The molecule has 1 aromatic carbocycles. The van der Waals surface area contributed by atoms with Gasteiger partial charge >= 0.3 is 0 Å². The number of fused-ring (bicyclic) bond motifs is 1. The number of ether oxygens (including phenoxy) is 3. The van der Waals surface area contributed by atoms with Gasteiger partial charge in [0.25, 0.3) is 0 Å². The van der Waals surface area contributed by atoms with Gasteiger partial charge < -0.3 is 29.7 Å². The minimum absolute atomic E-state index is 0.0757. The summed E-state index contributed by atoms with van der Waals surface area (Å²) in [5.74, 6) is -1.13. The number of carbonyl (C=O) groups excluding carboxylic acids is 3. The molecule has 3 saturated heterocycles. The lowest BCUT2D eigenvalue weighted by molar-refractivity contribution is -0.141. The third-order valence-corrected chi connectivity index (χ3v) is 9.68. The van der Waals surface area contributed by atoms with Crippen molar-refractivity contribution < 1.29 is 28.6 Å². The molecule has 1 aromatic rings. The zero-order chi connectivity index (χ0) is 28.6. The van der Waals surface area contributed by atoms with E-state index in [1.807, 2.05) is 12.2 Å². The molecule has 2 N–H and O–H groups in total. The number of hydrogen-bond acceptors (Lipinski definition) is 7. The summed E-state index contributed by atoms with van der Waals surface area (Å²) in [5.41, 5.74) is -0.567. The van der Waals surface area contributed by atoms with Crippen molar-refractivity contribution in [3.63, 3.8) is 0 Å². The number of rotatable bonds is 9. The number of nitrogens with zero attached hydrogens (tertiary/aromatic N) is 2. The van der Waals surface area contributed by atoms with Crippen LogP contribution in [0, 0.1) is 17.8 Å². The minimum Gasteiger partial charge on any atom is -0.497 e. The average molecular weight is 567 g/mol. The predicted molar refractivity (Wildman–Crippen MR) is 152 cm³/mol. The molecule has 41 heavy (non-hydrogen) atoms. The van der Waals surface area contributed by atoms with Crippen molar-refractivity contribution in [2.45, 2.75) is 62.8 Å². The average Bonchev–Trinajstić information content (AvgIpc) is 3.62. The van der Waals surface area contributed by atoms with Crippen molar-refractivity contribution >= 4 is 23.4 Å². The van der Waals surface area contributed by atoms with Crippen LogP contribution in [-0.2, 0) is 23.9 Å². The zero-order valence-corrected chi connectivity index (χ0v) is 24.1. The maximum atomic E-state index is 14.2. The number of benzene rings is 1. The monoisotopic (exact) mass is 566 g/mol. The van der Waals surface area contributed by atoms with E-state index < -0.39 is 29.6 Å². The van der Waals surface area contributed by atoms with Gasteiger partial charge in [0.2, 0.25) is 17.7 Å². The lowest BCUT2D eigenvalue weighted by Gasteiger charge is -2.36. The fourth-order valence-electron chi connectivity index (χ4n) is 7.52. The topological polar surface area (TPSA) is 109 Å². The minimum atomic E-state index is -1.15. The number of hydrogen-bond donors (Lipinski definition) is 2. The summed E-state index contributed by atoms with van der Waals surface area (Å²) in [4.78, 5) is 46.0. The van der Waals surface area contributed by atoms with E-state index in [2.05, 4.69) is 22.5 Å². The second-order valence-electron chi connectivity index (χ2n) is 12.1. The van der Waals surface area contributed by atoms with E-state index >= 15 is 0 Å². The molecular formula is C31H42N4O6. The number of nitrogens with one attached hydrogen (secondary N) is 2. The van der Waals surface area contributed by atoms with Crippen LogP contribution in [0.4, 0.5) is 5.69 Å². The summed E-state index contributed by atoms with van der Waals surface area (Å²) in [5, 5.41) is 6.27. The van der Waals surface area contributed by atoms with Crippen LogP contribution in [0.5, 0.6) is 5.75 Å². The molecule has 5 aliphatic rings. The van der Waals surface area contributed by atoms with Gasteiger partial charge in [0.1, 0.15) is 17.4 Å². The molecule has 7 atom stereocenters. The summed E-state index contributed by atoms with van der Waals surface area (Å²) in [7, 11) is 1.57. The number of methoxy groups -OCH3 is 1. The highest BCUT2D eigenvalue weighted by Gasteiger charge is 2.72. The smallest absolute Gasteiger partial charge is 0.246 e. The van der Waals surface area contributed by atoms with Crippen molar-refractivity contribution in [1.29, 1.82) is 0 Å². The van der Waals surface area contributed by atoms with Gasteiger partial charge in [-0.3, -0.25) is 19.3 Å².